The van der Waals surface area contributed by atoms with Crippen molar-refractivity contribution in [3.63, 3.8) is 0 Å². The molecule has 0 aliphatic heterocycles. The van der Waals surface area contributed by atoms with Crippen LogP contribution in [0.2, 0.25) is 0 Å². The van der Waals surface area contributed by atoms with Gasteiger partial charge in [0.05, 0.1) is 0 Å². The molecule has 0 heterocycles. The lowest BCUT2D eigenvalue weighted by Crippen LogP contribution is -2.38. The van der Waals surface area contributed by atoms with Gasteiger partial charge in [-0.3, -0.25) is 11.3 Å². The number of benzene rings is 2. The number of hydrogen-bond acceptors (Lipinski definition) is 3. The van der Waals surface area contributed by atoms with Gasteiger partial charge in [0.25, 0.3) is 0 Å². The monoisotopic (exact) mass is 372 g/mol. The van der Waals surface area contributed by atoms with Gasteiger partial charge in [-0.1, -0.05) is 15.9 Å². The molecule has 2 aromatic rings. The zero-order chi connectivity index (χ0) is 15.2. The first-order chi connectivity index (χ1) is 10.1. The van der Waals surface area contributed by atoms with Crippen LogP contribution in [-0.2, 0) is 6.42 Å². The quantitative estimate of drug-likeness (QED) is 0.458. The molecule has 0 radical (unpaired) electrons. The van der Waals surface area contributed by atoms with Crippen LogP contribution in [0.5, 0.6) is 0 Å². The number of hydrazine groups is 1. The third-order valence-corrected chi connectivity index (χ3v) is 4.64. The summed E-state index contributed by atoms with van der Waals surface area (Å²) in [5.74, 6) is 5.70. The molecular weight excluding hydrogens is 358 g/mol. The molecule has 21 heavy (non-hydrogen) atoms. The zero-order valence-electron chi connectivity index (χ0n) is 11.2. The molecule has 0 bridgehead atoms. The Hall–Kier alpha value is -0.950. The Labute approximate surface area is 135 Å². The fourth-order valence-corrected chi connectivity index (χ4v) is 3.20. The van der Waals surface area contributed by atoms with E-state index in [-0.39, 0.29) is 17.7 Å². The molecule has 0 saturated carbocycles. The molecule has 0 aliphatic rings. The number of hydrogen-bond donors (Lipinski definition) is 2. The average Bonchev–Trinajstić information content (AvgIpc) is 2.48. The van der Waals surface area contributed by atoms with Crippen molar-refractivity contribution in [1.82, 2.24) is 5.43 Å². The first kappa shape index (κ1) is 16.4. The summed E-state index contributed by atoms with van der Waals surface area (Å²) in [5, 5.41) is 0. The maximum atomic E-state index is 13.7. The van der Waals surface area contributed by atoms with E-state index in [0.29, 0.717) is 17.7 Å². The number of nitrogens with two attached hydrogens (primary N) is 1. The Bertz CT molecular complexity index is 593. The second kappa shape index (κ2) is 7.89. The van der Waals surface area contributed by atoms with Crippen molar-refractivity contribution in [2.24, 2.45) is 5.84 Å². The fourth-order valence-electron chi connectivity index (χ4n) is 1.86. The van der Waals surface area contributed by atoms with Gasteiger partial charge in [-0.2, -0.15) is 0 Å². The molecule has 0 spiro atoms. The van der Waals surface area contributed by atoms with Crippen LogP contribution in [0.15, 0.2) is 51.8 Å². The molecule has 0 saturated heterocycles. The van der Waals surface area contributed by atoms with Gasteiger partial charge in [-0.05, 0) is 54.4 Å². The van der Waals surface area contributed by atoms with Gasteiger partial charge in [0.15, 0.2) is 0 Å². The summed E-state index contributed by atoms with van der Waals surface area (Å²) in [5.41, 5.74) is 3.31. The topological polar surface area (TPSA) is 38.0 Å². The van der Waals surface area contributed by atoms with Crippen molar-refractivity contribution < 1.29 is 8.78 Å². The highest BCUT2D eigenvalue weighted by atomic mass is 79.9. The van der Waals surface area contributed by atoms with Crippen molar-refractivity contribution in [3.8, 4) is 0 Å². The Morgan fingerprint density at radius 2 is 1.86 bits per heavy atom. The standard InChI is InChI=1S/C15H15BrF2N2S/c16-11-1-6-15(18)10(7-11)8-13(20-19)9-21-14-4-2-12(17)3-5-14/h1-7,13,20H,8-9,19H2. The lowest BCUT2D eigenvalue weighted by atomic mass is 10.1. The lowest BCUT2D eigenvalue weighted by molar-refractivity contribution is 0.546. The van der Waals surface area contributed by atoms with Gasteiger partial charge in [-0.25, -0.2) is 8.78 Å². The molecule has 0 fully saturated rings. The number of nitrogens with one attached hydrogen (secondary N) is 1. The molecule has 6 heteroatoms. The van der Waals surface area contributed by atoms with E-state index in [4.69, 9.17) is 5.84 Å². The number of rotatable bonds is 6. The van der Waals surface area contributed by atoms with Crippen LogP contribution in [0.1, 0.15) is 5.56 Å². The van der Waals surface area contributed by atoms with Gasteiger partial charge >= 0.3 is 0 Å². The second-order valence-electron chi connectivity index (χ2n) is 4.57. The molecule has 2 nitrogen and oxygen atoms in total. The number of halogens is 3. The van der Waals surface area contributed by atoms with Crippen molar-refractivity contribution in [1.29, 1.82) is 0 Å². The Morgan fingerprint density at radius 1 is 1.14 bits per heavy atom. The first-order valence-electron chi connectivity index (χ1n) is 6.37. The van der Waals surface area contributed by atoms with Crippen LogP contribution >= 0.6 is 27.7 Å². The van der Waals surface area contributed by atoms with Gasteiger partial charge in [0.2, 0.25) is 0 Å². The lowest BCUT2D eigenvalue weighted by Gasteiger charge is -2.16. The average molecular weight is 373 g/mol. The van der Waals surface area contributed by atoms with E-state index >= 15 is 0 Å². The van der Waals surface area contributed by atoms with E-state index in [1.165, 1.54) is 18.2 Å². The largest absolute Gasteiger partial charge is 0.271 e. The molecule has 0 aromatic heterocycles. The third-order valence-electron chi connectivity index (χ3n) is 2.97. The third kappa shape index (κ3) is 5.07. The predicted octanol–water partition coefficient (Wildman–Crippen LogP) is 3.89. The van der Waals surface area contributed by atoms with E-state index in [2.05, 4.69) is 21.4 Å². The Kier molecular flexibility index (Phi) is 6.17. The van der Waals surface area contributed by atoms with E-state index in [1.807, 2.05) is 0 Å². The molecule has 1 unspecified atom stereocenters. The minimum atomic E-state index is -0.260. The maximum Gasteiger partial charge on any atom is 0.126 e. The summed E-state index contributed by atoms with van der Waals surface area (Å²) in [6, 6.07) is 11.0. The summed E-state index contributed by atoms with van der Waals surface area (Å²) in [7, 11) is 0. The molecule has 112 valence electrons. The second-order valence-corrected chi connectivity index (χ2v) is 6.58. The normalized spacial score (nSPS) is 12.4. The summed E-state index contributed by atoms with van der Waals surface area (Å²) < 4.78 is 27.4. The molecule has 0 aliphatic carbocycles. The van der Waals surface area contributed by atoms with Crippen LogP contribution in [0, 0.1) is 11.6 Å². The van der Waals surface area contributed by atoms with Gasteiger partial charge in [0.1, 0.15) is 11.6 Å². The molecule has 2 aromatic carbocycles. The van der Waals surface area contributed by atoms with E-state index in [1.54, 1.807) is 36.0 Å². The van der Waals surface area contributed by atoms with Crippen LogP contribution in [0.25, 0.3) is 0 Å². The van der Waals surface area contributed by atoms with Crippen LogP contribution in [-0.4, -0.2) is 11.8 Å². The summed E-state index contributed by atoms with van der Waals surface area (Å²) in [4.78, 5) is 0.950. The van der Waals surface area contributed by atoms with Crippen molar-refractivity contribution in [2.75, 3.05) is 5.75 Å². The van der Waals surface area contributed by atoms with Gasteiger partial charge in [0, 0.05) is 21.2 Å². The molecule has 1 atom stereocenters. The molecule has 0 amide bonds. The molecular formula is C15H15BrF2N2S. The summed E-state index contributed by atoms with van der Waals surface area (Å²) in [6.07, 6.45) is 0.482. The van der Waals surface area contributed by atoms with Gasteiger partial charge < -0.3 is 0 Å². The minimum absolute atomic E-state index is 0.0798. The minimum Gasteiger partial charge on any atom is -0.271 e. The van der Waals surface area contributed by atoms with Crippen molar-refractivity contribution in [2.45, 2.75) is 17.4 Å². The smallest absolute Gasteiger partial charge is 0.126 e. The number of thioether (sulfide) groups is 1. The SMILES string of the molecule is NNC(CSc1ccc(F)cc1)Cc1cc(Br)ccc1F. The Balaban J connectivity index is 1.96. The molecule has 2 rings (SSSR count). The van der Waals surface area contributed by atoms with E-state index < -0.39 is 0 Å². The van der Waals surface area contributed by atoms with E-state index in [0.717, 1.165) is 9.37 Å². The van der Waals surface area contributed by atoms with Crippen molar-refractivity contribution in [3.05, 3.63) is 64.1 Å². The van der Waals surface area contributed by atoms with Crippen LogP contribution in [0.3, 0.4) is 0 Å². The van der Waals surface area contributed by atoms with Crippen molar-refractivity contribution >= 4 is 27.7 Å². The van der Waals surface area contributed by atoms with Crippen LogP contribution in [0.4, 0.5) is 8.78 Å². The highest BCUT2D eigenvalue weighted by Gasteiger charge is 2.12. The fraction of sp³-hybridized carbons (Fsp3) is 0.200. The highest BCUT2D eigenvalue weighted by Crippen LogP contribution is 2.22. The predicted molar refractivity (Wildman–Crippen MR) is 86.0 cm³/mol. The van der Waals surface area contributed by atoms with Crippen LogP contribution < -0.4 is 11.3 Å². The zero-order valence-corrected chi connectivity index (χ0v) is 13.6. The van der Waals surface area contributed by atoms with Gasteiger partial charge in [-0.15, -0.1) is 11.8 Å². The first-order valence-corrected chi connectivity index (χ1v) is 8.15. The summed E-state index contributed by atoms with van der Waals surface area (Å²) in [6.45, 7) is 0. The molecule has 3 N–H and O–H groups in total. The highest BCUT2D eigenvalue weighted by molar-refractivity contribution is 9.10. The Morgan fingerprint density at radius 3 is 2.52 bits per heavy atom. The summed E-state index contributed by atoms with van der Waals surface area (Å²) >= 11 is 4.88. The van der Waals surface area contributed by atoms with E-state index in [9.17, 15) is 8.78 Å². The maximum absolute atomic E-state index is 13.7.